The molecule has 0 saturated heterocycles. The van der Waals surface area contributed by atoms with Crippen LogP contribution in [0.2, 0.25) is 0 Å². The first-order valence-corrected chi connectivity index (χ1v) is 8.09. The monoisotopic (exact) mass is 301 g/mol. The van der Waals surface area contributed by atoms with Gasteiger partial charge < -0.3 is 4.74 Å². The predicted octanol–water partition coefficient (Wildman–Crippen LogP) is 3.52. The molecule has 0 fully saturated rings. The number of imidazole rings is 1. The fraction of sp³-hybridized carbons (Fsp3) is 0.444. The van der Waals surface area contributed by atoms with Crippen molar-refractivity contribution in [1.82, 2.24) is 4.57 Å². The summed E-state index contributed by atoms with van der Waals surface area (Å²) in [5, 5.41) is 0. The van der Waals surface area contributed by atoms with E-state index in [2.05, 4.69) is 28.6 Å². The smallest absolute Gasteiger partial charge is 0.338 e. The summed E-state index contributed by atoms with van der Waals surface area (Å²) in [7, 11) is 0. The van der Waals surface area contributed by atoms with Crippen LogP contribution in [0.15, 0.2) is 43.0 Å². The molecular formula is C18H25N2O2+. The lowest BCUT2D eigenvalue weighted by Gasteiger charge is -2.02. The summed E-state index contributed by atoms with van der Waals surface area (Å²) in [6, 6.07) is 7.49. The Balaban J connectivity index is 1.97. The number of benzene rings is 1. The van der Waals surface area contributed by atoms with Gasteiger partial charge >= 0.3 is 5.97 Å². The van der Waals surface area contributed by atoms with Crippen molar-refractivity contribution in [2.45, 2.75) is 46.1 Å². The molecule has 118 valence electrons. The SMILES string of the molecule is CCCCCC[n+]1ccn(-c2ccc(C(=O)OCC)cc2)c1. The molecule has 0 radical (unpaired) electrons. The molecule has 0 unspecified atom stereocenters. The average Bonchev–Trinajstić information content (AvgIpc) is 3.01. The van der Waals surface area contributed by atoms with Gasteiger partial charge in [-0.1, -0.05) is 19.8 Å². The van der Waals surface area contributed by atoms with Crippen LogP contribution in [0.4, 0.5) is 0 Å². The zero-order valence-corrected chi connectivity index (χ0v) is 13.5. The van der Waals surface area contributed by atoms with Gasteiger partial charge in [0.2, 0.25) is 6.33 Å². The van der Waals surface area contributed by atoms with Gasteiger partial charge in [-0.15, -0.1) is 0 Å². The number of hydrogen-bond donors (Lipinski definition) is 0. The second-order valence-corrected chi connectivity index (χ2v) is 5.39. The summed E-state index contributed by atoms with van der Waals surface area (Å²) in [4.78, 5) is 11.6. The van der Waals surface area contributed by atoms with E-state index < -0.39 is 0 Å². The van der Waals surface area contributed by atoms with Crippen molar-refractivity contribution in [3.8, 4) is 5.69 Å². The van der Waals surface area contributed by atoms with Crippen molar-refractivity contribution in [2.24, 2.45) is 0 Å². The third-order valence-corrected chi connectivity index (χ3v) is 3.64. The highest BCUT2D eigenvalue weighted by molar-refractivity contribution is 5.89. The number of unbranched alkanes of at least 4 members (excludes halogenated alkanes) is 3. The van der Waals surface area contributed by atoms with Crippen molar-refractivity contribution in [3.05, 3.63) is 48.5 Å². The second kappa shape index (κ2) is 8.37. The van der Waals surface area contributed by atoms with Crippen LogP contribution in [0.1, 0.15) is 49.9 Å². The van der Waals surface area contributed by atoms with Gasteiger partial charge in [-0.05, 0) is 44.0 Å². The fourth-order valence-corrected chi connectivity index (χ4v) is 2.38. The minimum absolute atomic E-state index is 0.271. The topological polar surface area (TPSA) is 35.1 Å². The molecule has 0 aliphatic heterocycles. The van der Waals surface area contributed by atoms with E-state index >= 15 is 0 Å². The molecule has 22 heavy (non-hydrogen) atoms. The maximum Gasteiger partial charge on any atom is 0.338 e. The summed E-state index contributed by atoms with van der Waals surface area (Å²) in [6.07, 6.45) is 11.3. The van der Waals surface area contributed by atoms with E-state index in [4.69, 9.17) is 4.74 Å². The van der Waals surface area contributed by atoms with Crippen molar-refractivity contribution < 1.29 is 14.1 Å². The van der Waals surface area contributed by atoms with Crippen LogP contribution in [-0.4, -0.2) is 17.1 Å². The van der Waals surface area contributed by atoms with E-state index in [1.165, 1.54) is 25.7 Å². The molecule has 0 amide bonds. The standard InChI is InChI=1S/C18H25N2O2/c1-3-5-6-7-12-19-13-14-20(15-19)17-10-8-16(9-11-17)18(21)22-4-2/h8-11,13-15H,3-7,12H2,1-2H3/q+1. The first kappa shape index (κ1) is 16.3. The number of carbonyl (C=O) groups is 1. The minimum Gasteiger partial charge on any atom is -0.462 e. The van der Waals surface area contributed by atoms with Crippen LogP contribution < -0.4 is 4.57 Å². The highest BCUT2D eigenvalue weighted by Gasteiger charge is 2.09. The summed E-state index contributed by atoms with van der Waals surface area (Å²) in [5.41, 5.74) is 1.63. The molecule has 1 aromatic carbocycles. The summed E-state index contributed by atoms with van der Waals surface area (Å²) >= 11 is 0. The Morgan fingerprint density at radius 1 is 1.14 bits per heavy atom. The molecule has 1 heterocycles. The Bertz CT molecular complexity index is 587. The van der Waals surface area contributed by atoms with E-state index in [9.17, 15) is 4.79 Å². The van der Waals surface area contributed by atoms with Crippen LogP contribution in [0.5, 0.6) is 0 Å². The molecule has 0 atom stereocenters. The number of carbonyl (C=O) groups excluding carboxylic acids is 1. The van der Waals surface area contributed by atoms with Gasteiger partial charge in [0, 0.05) is 0 Å². The van der Waals surface area contributed by atoms with Gasteiger partial charge in [-0.3, -0.25) is 0 Å². The van der Waals surface area contributed by atoms with Crippen LogP contribution >= 0.6 is 0 Å². The van der Waals surface area contributed by atoms with Crippen molar-refractivity contribution >= 4 is 5.97 Å². The Morgan fingerprint density at radius 3 is 2.59 bits per heavy atom. The molecule has 2 aromatic rings. The Kier molecular flexibility index (Phi) is 6.19. The van der Waals surface area contributed by atoms with Crippen molar-refractivity contribution in [1.29, 1.82) is 0 Å². The molecule has 0 bridgehead atoms. The van der Waals surface area contributed by atoms with Crippen LogP contribution in [0, 0.1) is 0 Å². The summed E-state index contributed by atoms with van der Waals surface area (Å²) in [5.74, 6) is -0.271. The first-order chi connectivity index (χ1) is 10.7. The third kappa shape index (κ3) is 4.45. The van der Waals surface area contributed by atoms with Crippen LogP contribution in [-0.2, 0) is 11.3 Å². The number of hydrogen-bond acceptors (Lipinski definition) is 2. The van der Waals surface area contributed by atoms with E-state index in [1.807, 2.05) is 25.3 Å². The number of ether oxygens (including phenoxy) is 1. The van der Waals surface area contributed by atoms with Crippen LogP contribution in [0.3, 0.4) is 0 Å². The second-order valence-electron chi connectivity index (χ2n) is 5.39. The molecule has 0 N–H and O–H groups in total. The fourth-order valence-electron chi connectivity index (χ4n) is 2.38. The molecule has 0 aliphatic rings. The van der Waals surface area contributed by atoms with Crippen molar-refractivity contribution in [2.75, 3.05) is 6.61 Å². The quantitative estimate of drug-likeness (QED) is 0.425. The van der Waals surface area contributed by atoms with Crippen LogP contribution in [0.25, 0.3) is 5.69 Å². The lowest BCUT2D eigenvalue weighted by atomic mass is 10.2. The van der Waals surface area contributed by atoms with Crippen molar-refractivity contribution in [3.63, 3.8) is 0 Å². The number of aryl methyl sites for hydroxylation is 1. The maximum absolute atomic E-state index is 11.6. The molecule has 2 rings (SSSR count). The Hall–Kier alpha value is -2.10. The molecule has 4 heteroatoms. The minimum atomic E-state index is -0.271. The zero-order chi connectivity index (χ0) is 15.8. The highest BCUT2D eigenvalue weighted by Crippen LogP contribution is 2.10. The number of aromatic nitrogens is 2. The Morgan fingerprint density at radius 2 is 1.91 bits per heavy atom. The van der Waals surface area contributed by atoms with E-state index in [0.717, 1.165) is 12.2 Å². The average molecular weight is 301 g/mol. The number of nitrogens with zero attached hydrogens (tertiary/aromatic N) is 2. The predicted molar refractivity (Wildman–Crippen MR) is 86.1 cm³/mol. The lowest BCUT2D eigenvalue weighted by molar-refractivity contribution is -0.696. The first-order valence-electron chi connectivity index (χ1n) is 8.09. The molecule has 0 aliphatic carbocycles. The van der Waals surface area contributed by atoms with Gasteiger partial charge in [0.15, 0.2) is 0 Å². The number of rotatable bonds is 8. The van der Waals surface area contributed by atoms with E-state index in [1.54, 1.807) is 12.1 Å². The Labute approximate surface area is 132 Å². The van der Waals surface area contributed by atoms with Gasteiger partial charge in [-0.25, -0.2) is 13.9 Å². The molecular weight excluding hydrogens is 276 g/mol. The van der Waals surface area contributed by atoms with Gasteiger partial charge in [0.25, 0.3) is 0 Å². The van der Waals surface area contributed by atoms with Gasteiger partial charge in [0.05, 0.1) is 18.7 Å². The lowest BCUT2D eigenvalue weighted by Crippen LogP contribution is -2.30. The zero-order valence-electron chi connectivity index (χ0n) is 13.5. The van der Waals surface area contributed by atoms with E-state index in [0.29, 0.717) is 12.2 Å². The molecule has 0 spiro atoms. The summed E-state index contributed by atoms with van der Waals surface area (Å²) < 4.78 is 9.26. The summed E-state index contributed by atoms with van der Waals surface area (Å²) in [6.45, 7) is 5.49. The largest absolute Gasteiger partial charge is 0.462 e. The number of esters is 1. The highest BCUT2D eigenvalue weighted by atomic mass is 16.5. The van der Waals surface area contributed by atoms with Gasteiger partial charge in [0.1, 0.15) is 18.1 Å². The molecule has 0 saturated carbocycles. The molecule has 1 aromatic heterocycles. The molecule has 4 nitrogen and oxygen atoms in total. The normalized spacial score (nSPS) is 10.6. The third-order valence-electron chi connectivity index (χ3n) is 3.64. The maximum atomic E-state index is 11.6. The van der Waals surface area contributed by atoms with E-state index in [-0.39, 0.29) is 5.97 Å². The van der Waals surface area contributed by atoms with Gasteiger partial charge in [-0.2, -0.15) is 0 Å².